The van der Waals surface area contributed by atoms with Crippen LogP contribution in [0.1, 0.15) is 152 Å². The number of cyclic esters (lactones) is 1. The molecular formula is C72H99N17O27. The summed E-state index contributed by atoms with van der Waals surface area (Å²) in [6.07, 6.45) is -4.88. The molecule has 2 aromatic carbocycles. The lowest BCUT2D eigenvalue weighted by Gasteiger charge is -2.29. The number of para-hydroxylation sites is 2. The fourth-order valence-corrected chi connectivity index (χ4v) is 11.6. The Labute approximate surface area is 661 Å². The Morgan fingerprint density at radius 3 is 1.59 bits per heavy atom. The number of esters is 1. The maximum absolute atomic E-state index is 14.8. The van der Waals surface area contributed by atoms with Crippen LogP contribution in [0.15, 0.2) is 54.7 Å². The van der Waals surface area contributed by atoms with E-state index in [4.69, 9.17) is 21.9 Å². The van der Waals surface area contributed by atoms with Crippen molar-refractivity contribution in [2.24, 2.45) is 11.5 Å². The van der Waals surface area contributed by atoms with Gasteiger partial charge in [0.05, 0.1) is 45.2 Å². The van der Waals surface area contributed by atoms with E-state index >= 15 is 0 Å². The fraction of sp³-hybridized carbons (Fsp3) is 0.514. The molecule has 0 aliphatic carbocycles. The third kappa shape index (κ3) is 33.2. The van der Waals surface area contributed by atoms with E-state index in [1.54, 1.807) is 30.5 Å². The van der Waals surface area contributed by atoms with Gasteiger partial charge in [-0.25, -0.2) is 4.79 Å². The van der Waals surface area contributed by atoms with Crippen molar-refractivity contribution in [2.75, 3.05) is 25.4 Å². The summed E-state index contributed by atoms with van der Waals surface area (Å²) >= 11 is 0. The first-order valence-electron chi connectivity index (χ1n) is 36.9. The number of carbonyl (C=O) groups is 21. The monoisotopic (exact) mass is 1630 g/mol. The number of rotatable bonds is 36. The summed E-state index contributed by atoms with van der Waals surface area (Å²) in [5.41, 5.74) is 18.0. The van der Waals surface area contributed by atoms with Gasteiger partial charge in [0.1, 0.15) is 72.6 Å². The Balaban J connectivity index is 1.88. The predicted octanol–water partition coefficient (Wildman–Crippen LogP) is -5.39. The molecule has 4 rings (SSSR count). The smallest absolute Gasteiger partial charge is 0.329 e. The van der Waals surface area contributed by atoms with Gasteiger partial charge in [0.15, 0.2) is 5.78 Å². The highest BCUT2D eigenvalue weighted by Crippen LogP contribution is 2.21. The van der Waals surface area contributed by atoms with Crippen LogP contribution < -0.4 is 86.3 Å². The normalized spacial score (nSPS) is 20.8. The number of nitrogens with one attached hydrogen (secondary N) is 14. The number of hydrogen-bond donors (Lipinski definition) is 22. The van der Waals surface area contributed by atoms with E-state index in [0.717, 1.165) is 46.0 Å². The highest BCUT2D eigenvalue weighted by molar-refractivity contribution is 6.05. The minimum Gasteiger partial charge on any atom is -0.481 e. The number of aromatic nitrogens is 1. The Bertz CT molecular complexity index is 4110. The molecule has 116 heavy (non-hydrogen) atoms. The zero-order chi connectivity index (χ0) is 86.5. The Hall–Kier alpha value is -13.2. The number of benzene rings is 2. The minimum atomic E-state index is -2.47. The van der Waals surface area contributed by atoms with Gasteiger partial charge in [-0.3, -0.25) is 95.9 Å². The van der Waals surface area contributed by atoms with Crippen LogP contribution in [0.25, 0.3) is 10.9 Å². The molecule has 0 radical (unpaired) electrons. The molecule has 3 aromatic rings. The number of H-pyrrole nitrogens is 1. The number of unbranched alkanes of at least 4 members (excludes halogenated alkanes) is 6. The van der Waals surface area contributed by atoms with Crippen LogP contribution in [-0.4, -0.2) is 247 Å². The van der Waals surface area contributed by atoms with Crippen molar-refractivity contribution in [3.8, 4) is 0 Å². The maximum Gasteiger partial charge on any atom is 0.329 e. The molecule has 0 bridgehead atoms. The first-order chi connectivity index (χ1) is 54.8. The highest BCUT2D eigenvalue weighted by atomic mass is 16.5. The van der Waals surface area contributed by atoms with E-state index in [9.17, 15) is 126 Å². The number of nitrogen functional groups attached to an aromatic ring is 1. The number of hydrogen-bond acceptors (Lipinski definition) is 24. The van der Waals surface area contributed by atoms with Gasteiger partial charge in [0.25, 0.3) is 0 Å². The van der Waals surface area contributed by atoms with Crippen molar-refractivity contribution in [1.82, 2.24) is 74.1 Å². The summed E-state index contributed by atoms with van der Waals surface area (Å²) in [5.74, 6) is -30.7. The van der Waals surface area contributed by atoms with E-state index in [0.29, 0.717) is 29.3 Å². The van der Waals surface area contributed by atoms with Gasteiger partial charge in [-0.1, -0.05) is 75.8 Å². The van der Waals surface area contributed by atoms with Crippen molar-refractivity contribution in [3.05, 3.63) is 65.9 Å². The van der Waals surface area contributed by atoms with Gasteiger partial charge in [0.2, 0.25) is 82.7 Å². The molecule has 1 saturated heterocycles. The van der Waals surface area contributed by atoms with Gasteiger partial charge < -0.3 is 122 Å². The number of carboxylic acids is 5. The van der Waals surface area contributed by atoms with Gasteiger partial charge >= 0.3 is 35.8 Å². The first kappa shape index (κ1) is 95.2. The van der Waals surface area contributed by atoms with Crippen molar-refractivity contribution < 1.29 is 131 Å². The number of aromatic amines is 1. The second-order valence-electron chi connectivity index (χ2n) is 27.1. The molecule has 2 heterocycles. The summed E-state index contributed by atoms with van der Waals surface area (Å²) in [7, 11) is 0. The third-order valence-electron chi connectivity index (χ3n) is 17.7. The second kappa shape index (κ2) is 48.0. The standard InChI is InChI=1S/C72H99N17O27/c1-4-5-6-7-8-9-10-21-53(92)81-44(25-37-32-76-41-19-14-12-16-38(37)41)67(110)85-45(27-52(75)91)68(111)87-49(31-60(103)104)70(113)89-61-36(3)116-72(115)50(26-51(90)39-17-11-13-18-40(39)74)88-65(108)43(22-23-56(95)96)83-69(112)47(29-58(99)100)82-55(94)33-77-63(106)46(28-57(97)98)84-62(105)35(2)79-66(109)48(30-59(101)102)86-64(107)42(20-15-24-73)80-54(93)34-78-71(61)114/h11-14,16-19,32,35-36,42-50,61,76H,4-10,15,20-31,33-34,73-74H2,1-3H3,(H2,75,91)(H,77,106)(H,78,114)(H,79,109)(H,80,93)(H,81,92)(H,82,94)(H,83,112)(H,84,105)(H,85,110)(H,86,107)(H,87,111)(H,88,108)(H,89,113)(H,95,96)(H,97,98)(H,99,100)(H,101,102)(H,103,104)/t35-,36-,42+,43+,44+,45+,46+,47-,48+,49+,50+,61+/m1/s1. The quantitative estimate of drug-likeness (QED) is 0.0112. The molecule has 1 aromatic heterocycles. The first-order valence-corrected chi connectivity index (χ1v) is 36.9. The predicted molar refractivity (Wildman–Crippen MR) is 401 cm³/mol. The van der Waals surface area contributed by atoms with Crippen molar-refractivity contribution in [2.45, 2.75) is 215 Å². The average molecular weight is 1630 g/mol. The van der Waals surface area contributed by atoms with Crippen LogP contribution in [0.3, 0.4) is 0 Å². The van der Waals surface area contributed by atoms with E-state index in [1.807, 2.05) is 21.3 Å². The molecular weight excluding hydrogens is 1530 g/mol. The zero-order valence-corrected chi connectivity index (χ0v) is 63.6. The van der Waals surface area contributed by atoms with Gasteiger partial charge in [-0.05, 0) is 69.8 Å². The zero-order valence-electron chi connectivity index (χ0n) is 63.6. The number of Topliss-reactive ketones (excluding diaryl/α,β-unsaturated/α-hetero) is 1. The van der Waals surface area contributed by atoms with Crippen LogP contribution in [0.5, 0.6) is 0 Å². The lowest BCUT2D eigenvalue weighted by atomic mass is 10.0. The second-order valence-corrected chi connectivity index (χ2v) is 27.1. The van der Waals surface area contributed by atoms with E-state index in [-0.39, 0.29) is 37.1 Å². The molecule has 0 unspecified atom stereocenters. The van der Waals surface area contributed by atoms with Crippen molar-refractivity contribution in [1.29, 1.82) is 0 Å². The topological polar surface area (TPSA) is 719 Å². The van der Waals surface area contributed by atoms with E-state index < -0.39 is 268 Å². The molecule has 0 saturated carbocycles. The summed E-state index contributed by atoms with van der Waals surface area (Å²) in [6.45, 7) is 1.18. The van der Waals surface area contributed by atoms with Crippen LogP contribution >= 0.6 is 0 Å². The molecule has 25 N–H and O–H groups in total. The Morgan fingerprint density at radius 1 is 0.500 bits per heavy atom. The molecule has 44 nitrogen and oxygen atoms in total. The Morgan fingerprint density at radius 2 is 1.00 bits per heavy atom. The molecule has 44 heteroatoms. The number of ether oxygens (including phenoxy) is 1. The fourth-order valence-electron chi connectivity index (χ4n) is 11.6. The third-order valence-corrected chi connectivity index (χ3v) is 17.7. The van der Waals surface area contributed by atoms with Gasteiger partial charge in [0, 0.05) is 54.0 Å². The number of anilines is 1. The number of aliphatic carboxylic acids is 5. The van der Waals surface area contributed by atoms with E-state index in [2.05, 4.69) is 59.8 Å². The summed E-state index contributed by atoms with van der Waals surface area (Å²) in [4.78, 5) is 288. The summed E-state index contributed by atoms with van der Waals surface area (Å²) in [5, 5.41) is 77.6. The van der Waals surface area contributed by atoms with Crippen LogP contribution in [-0.2, 0) is 107 Å². The average Bonchev–Trinajstić information content (AvgIpc) is 1.48. The molecule has 1 aliphatic rings. The number of amides is 14. The number of ketones is 1. The van der Waals surface area contributed by atoms with Crippen LogP contribution in [0.4, 0.5) is 5.69 Å². The summed E-state index contributed by atoms with van der Waals surface area (Å²) in [6, 6.07) is -11.1. The minimum absolute atomic E-state index is 0.0258. The van der Waals surface area contributed by atoms with Crippen LogP contribution in [0.2, 0.25) is 0 Å². The van der Waals surface area contributed by atoms with Crippen molar-refractivity contribution >= 4 is 141 Å². The largest absolute Gasteiger partial charge is 0.481 e. The number of carboxylic acid groups (broad SMARTS) is 5. The molecule has 12 atom stereocenters. The number of fused-ring (bicyclic) bond motifs is 1. The van der Waals surface area contributed by atoms with Crippen LogP contribution in [0, 0.1) is 0 Å². The molecule has 14 amide bonds. The Kier molecular flexibility index (Phi) is 39.4. The maximum atomic E-state index is 14.8. The molecule has 634 valence electrons. The number of nitrogens with two attached hydrogens (primary N) is 3. The number of carbonyl (C=O) groups excluding carboxylic acids is 16. The van der Waals surface area contributed by atoms with Crippen molar-refractivity contribution in [3.63, 3.8) is 0 Å². The number of primary amides is 1. The molecule has 1 fully saturated rings. The van der Waals surface area contributed by atoms with E-state index in [1.165, 1.54) is 24.3 Å². The lowest BCUT2D eigenvalue weighted by Crippen LogP contribution is -2.61. The van der Waals surface area contributed by atoms with Gasteiger partial charge in [-0.2, -0.15) is 0 Å². The molecule has 1 aliphatic heterocycles. The lowest BCUT2D eigenvalue weighted by molar-refractivity contribution is -0.156. The summed E-state index contributed by atoms with van der Waals surface area (Å²) < 4.78 is 5.65. The highest BCUT2D eigenvalue weighted by Gasteiger charge is 2.41. The molecule has 0 spiro atoms. The van der Waals surface area contributed by atoms with Gasteiger partial charge in [-0.15, -0.1) is 0 Å². The SMILES string of the molecule is CCCCCCCCCC(=O)N[C@@H](Cc1c[nH]c2ccccc12)C(=O)N[C@@H](CC(N)=O)C(=O)N[C@@H](CC(=O)O)C(=O)N[C@@H]1C(=O)NCC(=O)N[C@@H](CCCN)C(=O)N[C@@H](CC(=O)O)C(=O)N[C@H](C)C(=O)N[C@@H](CC(=O)O)C(=O)NCC(=O)N[C@H](CC(=O)O)C(=O)N[C@@H](CCC(=O)O)C(=O)N[C@@H](CC(=O)c2ccccc2N)C(=O)O[C@@H]1C.